The van der Waals surface area contributed by atoms with Crippen LogP contribution in [0, 0.1) is 0 Å². The van der Waals surface area contributed by atoms with Crippen molar-refractivity contribution in [2.24, 2.45) is 0 Å². The Labute approximate surface area is 112 Å². The first-order valence-corrected chi connectivity index (χ1v) is 7.23. The van der Waals surface area contributed by atoms with Gasteiger partial charge in [-0.15, -0.1) is 11.3 Å². The van der Waals surface area contributed by atoms with E-state index in [0.717, 1.165) is 32.8 Å². The van der Waals surface area contributed by atoms with Gasteiger partial charge >= 0.3 is 0 Å². The number of benzene rings is 1. The summed E-state index contributed by atoms with van der Waals surface area (Å²) in [5.41, 5.74) is 2.70. The second-order valence-electron chi connectivity index (χ2n) is 4.51. The minimum atomic E-state index is 0.867. The minimum absolute atomic E-state index is 0.867. The fraction of sp³-hybridized carbons (Fsp3) is 0.333. The summed E-state index contributed by atoms with van der Waals surface area (Å²) in [4.78, 5) is 3.94. The molecule has 2 nitrogen and oxygen atoms in total. The SMILES string of the molecule is c1ccc(-c2ccsc2CN2CCOCC2)cc1. The molecule has 0 saturated carbocycles. The Kier molecular flexibility index (Phi) is 3.74. The van der Waals surface area contributed by atoms with Crippen molar-refractivity contribution in [2.45, 2.75) is 6.54 Å². The lowest BCUT2D eigenvalue weighted by molar-refractivity contribution is 0.0347. The molecular formula is C15H17NOS. The van der Waals surface area contributed by atoms with Crippen LogP contribution in [0.5, 0.6) is 0 Å². The molecular weight excluding hydrogens is 242 g/mol. The molecule has 0 spiro atoms. The molecule has 0 atom stereocenters. The zero-order valence-corrected chi connectivity index (χ0v) is 11.2. The number of hydrogen-bond donors (Lipinski definition) is 0. The Morgan fingerprint density at radius 1 is 1.06 bits per heavy atom. The van der Waals surface area contributed by atoms with E-state index in [9.17, 15) is 0 Å². The van der Waals surface area contributed by atoms with E-state index >= 15 is 0 Å². The van der Waals surface area contributed by atoms with Gasteiger partial charge in [0, 0.05) is 24.5 Å². The van der Waals surface area contributed by atoms with Crippen LogP contribution >= 0.6 is 11.3 Å². The molecule has 1 aromatic heterocycles. The third kappa shape index (κ3) is 2.64. The molecule has 1 aromatic carbocycles. The van der Waals surface area contributed by atoms with Crippen molar-refractivity contribution in [1.29, 1.82) is 0 Å². The van der Waals surface area contributed by atoms with Crippen LogP contribution in [-0.4, -0.2) is 31.2 Å². The average molecular weight is 259 g/mol. The fourth-order valence-electron chi connectivity index (χ4n) is 2.30. The van der Waals surface area contributed by atoms with Crippen molar-refractivity contribution in [3.05, 3.63) is 46.7 Å². The summed E-state index contributed by atoms with van der Waals surface area (Å²) < 4.78 is 5.40. The number of morpholine rings is 1. The number of hydrogen-bond acceptors (Lipinski definition) is 3. The molecule has 1 aliphatic heterocycles. The van der Waals surface area contributed by atoms with Crippen LogP contribution < -0.4 is 0 Å². The lowest BCUT2D eigenvalue weighted by Crippen LogP contribution is -2.35. The molecule has 0 radical (unpaired) electrons. The van der Waals surface area contributed by atoms with Crippen molar-refractivity contribution in [3.8, 4) is 11.1 Å². The maximum absolute atomic E-state index is 5.40. The van der Waals surface area contributed by atoms with E-state index in [1.165, 1.54) is 16.0 Å². The van der Waals surface area contributed by atoms with E-state index in [1.54, 1.807) is 0 Å². The monoisotopic (exact) mass is 259 g/mol. The molecule has 3 heteroatoms. The number of nitrogens with zero attached hydrogens (tertiary/aromatic N) is 1. The van der Waals surface area contributed by atoms with Gasteiger partial charge in [0.2, 0.25) is 0 Å². The van der Waals surface area contributed by atoms with Gasteiger partial charge in [-0.05, 0) is 22.6 Å². The minimum Gasteiger partial charge on any atom is -0.379 e. The molecule has 0 N–H and O–H groups in total. The fourth-order valence-corrected chi connectivity index (χ4v) is 3.24. The quantitative estimate of drug-likeness (QED) is 0.839. The molecule has 2 aromatic rings. The summed E-state index contributed by atoms with van der Waals surface area (Å²) in [5.74, 6) is 0. The smallest absolute Gasteiger partial charge is 0.0594 e. The van der Waals surface area contributed by atoms with Crippen LogP contribution in [-0.2, 0) is 11.3 Å². The van der Waals surface area contributed by atoms with Gasteiger partial charge in [-0.25, -0.2) is 0 Å². The van der Waals surface area contributed by atoms with Crippen LogP contribution in [0.3, 0.4) is 0 Å². The number of thiophene rings is 1. The van der Waals surface area contributed by atoms with E-state index < -0.39 is 0 Å². The van der Waals surface area contributed by atoms with Crippen LogP contribution in [0.15, 0.2) is 41.8 Å². The van der Waals surface area contributed by atoms with Gasteiger partial charge in [0.25, 0.3) is 0 Å². The predicted molar refractivity (Wildman–Crippen MR) is 75.9 cm³/mol. The third-order valence-corrected chi connectivity index (χ3v) is 4.21. The molecule has 0 amide bonds. The largest absolute Gasteiger partial charge is 0.379 e. The summed E-state index contributed by atoms with van der Waals surface area (Å²) in [6.07, 6.45) is 0. The van der Waals surface area contributed by atoms with E-state index in [2.05, 4.69) is 46.7 Å². The molecule has 0 aliphatic carbocycles. The highest BCUT2D eigenvalue weighted by Crippen LogP contribution is 2.29. The van der Waals surface area contributed by atoms with Crippen LogP contribution in [0.25, 0.3) is 11.1 Å². The van der Waals surface area contributed by atoms with E-state index in [4.69, 9.17) is 4.74 Å². The highest BCUT2D eigenvalue weighted by molar-refractivity contribution is 7.10. The summed E-state index contributed by atoms with van der Waals surface area (Å²) in [6, 6.07) is 12.9. The third-order valence-electron chi connectivity index (χ3n) is 3.30. The lowest BCUT2D eigenvalue weighted by atomic mass is 10.1. The first-order chi connectivity index (χ1) is 8.93. The molecule has 1 fully saturated rings. The first-order valence-electron chi connectivity index (χ1n) is 6.35. The van der Waals surface area contributed by atoms with Crippen molar-refractivity contribution < 1.29 is 4.74 Å². The topological polar surface area (TPSA) is 12.5 Å². The number of ether oxygens (including phenoxy) is 1. The summed E-state index contributed by atoms with van der Waals surface area (Å²) >= 11 is 1.86. The standard InChI is InChI=1S/C15H17NOS/c1-2-4-13(5-3-1)14-6-11-18-15(14)12-16-7-9-17-10-8-16/h1-6,11H,7-10,12H2. The van der Waals surface area contributed by atoms with Gasteiger partial charge in [0.15, 0.2) is 0 Å². The van der Waals surface area contributed by atoms with Crippen LogP contribution in [0.1, 0.15) is 4.88 Å². The van der Waals surface area contributed by atoms with Gasteiger partial charge < -0.3 is 4.74 Å². The van der Waals surface area contributed by atoms with Gasteiger partial charge in [-0.3, -0.25) is 4.90 Å². The average Bonchev–Trinajstić information content (AvgIpc) is 2.89. The van der Waals surface area contributed by atoms with Crippen LogP contribution in [0.2, 0.25) is 0 Å². The Morgan fingerprint density at radius 3 is 2.61 bits per heavy atom. The van der Waals surface area contributed by atoms with Gasteiger partial charge in [0.1, 0.15) is 0 Å². The van der Waals surface area contributed by atoms with Gasteiger partial charge in [-0.1, -0.05) is 30.3 Å². The molecule has 18 heavy (non-hydrogen) atoms. The van der Waals surface area contributed by atoms with Gasteiger partial charge in [-0.2, -0.15) is 0 Å². The Morgan fingerprint density at radius 2 is 1.83 bits per heavy atom. The van der Waals surface area contributed by atoms with Crippen molar-refractivity contribution in [3.63, 3.8) is 0 Å². The summed E-state index contributed by atoms with van der Waals surface area (Å²) in [5, 5.41) is 2.19. The zero-order valence-electron chi connectivity index (χ0n) is 10.3. The van der Waals surface area contributed by atoms with Crippen molar-refractivity contribution in [1.82, 2.24) is 4.90 Å². The van der Waals surface area contributed by atoms with Gasteiger partial charge in [0.05, 0.1) is 13.2 Å². The molecule has 1 aliphatic rings. The highest BCUT2D eigenvalue weighted by Gasteiger charge is 2.14. The lowest BCUT2D eigenvalue weighted by Gasteiger charge is -2.26. The second-order valence-corrected chi connectivity index (χ2v) is 5.51. The molecule has 0 bridgehead atoms. The molecule has 94 valence electrons. The summed E-state index contributed by atoms with van der Waals surface area (Å²) in [6.45, 7) is 4.88. The maximum atomic E-state index is 5.40. The molecule has 2 heterocycles. The van der Waals surface area contributed by atoms with Crippen molar-refractivity contribution >= 4 is 11.3 Å². The van der Waals surface area contributed by atoms with Crippen LogP contribution in [0.4, 0.5) is 0 Å². The Balaban J connectivity index is 1.79. The maximum Gasteiger partial charge on any atom is 0.0594 e. The highest BCUT2D eigenvalue weighted by atomic mass is 32.1. The second kappa shape index (κ2) is 5.65. The molecule has 1 saturated heterocycles. The van der Waals surface area contributed by atoms with E-state index in [0.29, 0.717) is 0 Å². The Hall–Kier alpha value is -1.16. The zero-order chi connectivity index (χ0) is 12.2. The normalized spacial score (nSPS) is 16.9. The molecule has 3 rings (SSSR count). The predicted octanol–water partition coefficient (Wildman–Crippen LogP) is 3.25. The number of rotatable bonds is 3. The van der Waals surface area contributed by atoms with Crippen molar-refractivity contribution in [2.75, 3.05) is 26.3 Å². The van der Waals surface area contributed by atoms with E-state index in [-0.39, 0.29) is 0 Å². The Bertz CT molecular complexity index is 488. The summed E-state index contributed by atoms with van der Waals surface area (Å²) in [7, 11) is 0. The van der Waals surface area contributed by atoms with E-state index in [1.807, 2.05) is 11.3 Å². The molecule has 0 unspecified atom stereocenters. The first kappa shape index (κ1) is 11.9.